The van der Waals surface area contributed by atoms with E-state index in [-0.39, 0.29) is 18.6 Å². The van der Waals surface area contributed by atoms with Crippen LogP contribution in [-0.4, -0.2) is 10.8 Å². The molecule has 0 saturated heterocycles. The van der Waals surface area contributed by atoms with Crippen LogP contribution in [0.3, 0.4) is 0 Å². The lowest BCUT2D eigenvalue weighted by molar-refractivity contribution is -0.137. The number of aromatic nitrogens is 1. The van der Waals surface area contributed by atoms with E-state index in [0.29, 0.717) is 11.1 Å². The topological polar surface area (TPSA) is 30.0 Å². The van der Waals surface area contributed by atoms with E-state index in [1.165, 1.54) is 0 Å². The number of para-hydroxylation sites is 1. The smallest absolute Gasteiger partial charge is 0.299 e. The highest BCUT2D eigenvalue weighted by Gasteiger charge is 2.30. The number of fused-ring (bicyclic) bond motifs is 1. The first-order valence-electron chi connectivity index (χ1n) is 8.52. The van der Waals surface area contributed by atoms with Crippen molar-refractivity contribution in [3.8, 4) is 0 Å². The van der Waals surface area contributed by atoms with Gasteiger partial charge in [0.1, 0.15) is 5.78 Å². The number of hydrogen-bond donors (Lipinski definition) is 0. The van der Waals surface area contributed by atoms with Crippen molar-refractivity contribution >= 4 is 22.8 Å². The summed E-state index contributed by atoms with van der Waals surface area (Å²) in [7, 11) is 0. The summed E-state index contributed by atoms with van der Waals surface area (Å²) in [5.74, 6) is -0.0213. The Hall–Kier alpha value is -2.95. The average molecular weight is 369 g/mol. The summed E-state index contributed by atoms with van der Waals surface area (Å²) in [5.41, 5.74) is 1.96. The van der Waals surface area contributed by atoms with Crippen LogP contribution in [0.25, 0.3) is 17.0 Å². The maximum absolute atomic E-state index is 12.9. The molecule has 138 valence electrons. The van der Waals surface area contributed by atoms with Crippen molar-refractivity contribution < 1.29 is 18.0 Å². The molecule has 1 heterocycles. The zero-order chi connectivity index (χ0) is 19.4. The minimum Gasteiger partial charge on any atom is -0.299 e. The maximum atomic E-state index is 12.9. The van der Waals surface area contributed by atoms with Gasteiger partial charge in [-0.05, 0) is 47.9 Å². The van der Waals surface area contributed by atoms with Crippen molar-refractivity contribution in [2.24, 2.45) is 0 Å². The standard InChI is InChI=1S/C22H18F3NO/c1-15-9-16(12-19(10-15)22(23,24)25)5-4-7-20(27)13-17-11-18-6-2-3-8-21(18)26-14-17/h2-6,8-12,14H,7,13H2,1H3/b5-4+. The van der Waals surface area contributed by atoms with Crippen molar-refractivity contribution in [1.82, 2.24) is 4.98 Å². The van der Waals surface area contributed by atoms with Crippen LogP contribution in [0.5, 0.6) is 0 Å². The van der Waals surface area contributed by atoms with Crippen molar-refractivity contribution in [2.45, 2.75) is 25.9 Å². The fourth-order valence-corrected chi connectivity index (χ4v) is 2.91. The number of nitrogens with zero attached hydrogens (tertiary/aromatic N) is 1. The molecule has 5 heteroatoms. The van der Waals surface area contributed by atoms with E-state index in [2.05, 4.69) is 4.98 Å². The molecular formula is C22H18F3NO. The van der Waals surface area contributed by atoms with Gasteiger partial charge in [-0.2, -0.15) is 13.2 Å². The predicted octanol–water partition coefficient (Wildman–Crippen LogP) is 5.78. The Morgan fingerprint density at radius 1 is 1.11 bits per heavy atom. The molecule has 0 aliphatic carbocycles. The Kier molecular flexibility index (Phi) is 5.40. The number of halogens is 3. The minimum absolute atomic E-state index is 0.0213. The number of carbonyl (C=O) groups is 1. The van der Waals surface area contributed by atoms with Crippen molar-refractivity contribution in [1.29, 1.82) is 0 Å². The largest absolute Gasteiger partial charge is 0.416 e. The zero-order valence-corrected chi connectivity index (χ0v) is 14.8. The molecule has 3 aromatic rings. The second kappa shape index (κ2) is 7.74. The normalized spacial score (nSPS) is 12.0. The molecular weight excluding hydrogens is 351 g/mol. The van der Waals surface area contributed by atoms with Crippen molar-refractivity contribution in [3.63, 3.8) is 0 Å². The minimum atomic E-state index is -4.38. The Bertz CT molecular complexity index is 1010. The molecule has 0 bridgehead atoms. The van der Waals surface area contributed by atoms with Crippen LogP contribution >= 0.6 is 0 Å². The van der Waals surface area contributed by atoms with Crippen LogP contribution in [0.1, 0.15) is 28.7 Å². The van der Waals surface area contributed by atoms with Gasteiger partial charge in [-0.3, -0.25) is 9.78 Å². The van der Waals surface area contributed by atoms with E-state index in [1.54, 1.807) is 31.3 Å². The lowest BCUT2D eigenvalue weighted by Crippen LogP contribution is -2.05. The first-order valence-corrected chi connectivity index (χ1v) is 8.52. The summed E-state index contributed by atoms with van der Waals surface area (Å²) >= 11 is 0. The molecule has 0 aliphatic heterocycles. The van der Waals surface area contributed by atoms with E-state index < -0.39 is 11.7 Å². The van der Waals surface area contributed by atoms with E-state index >= 15 is 0 Å². The number of aryl methyl sites for hydroxylation is 1. The Labute approximate surface area is 155 Å². The molecule has 27 heavy (non-hydrogen) atoms. The van der Waals surface area contributed by atoms with Crippen molar-refractivity contribution in [3.05, 3.63) is 83.1 Å². The van der Waals surface area contributed by atoms with Gasteiger partial charge in [-0.1, -0.05) is 36.4 Å². The van der Waals surface area contributed by atoms with Gasteiger partial charge in [0.2, 0.25) is 0 Å². The highest BCUT2D eigenvalue weighted by Crippen LogP contribution is 2.30. The monoisotopic (exact) mass is 369 g/mol. The van der Waals surface area contributed by atoms with Gasteiger partial charge in [-0.25, -0.2) is 0 Å². The molecule has 2 aromatic carbocycles. The molecule has 2 nitrogen and oxygen atoms in total. The summed E-state index contributed by atoms with van der Waals surface area (Å²) in [6, 6.07) is 13.4. The van der Waals surface area contributed by atoms with Gasteiger partial charge in [0.25, 0.3) is 0 Å². The van der Waals surface area contributed by atoms with Crippen LogP contribution in [0.2, 0.25) is 0 Å². The molecule has 0 atom stereocenters. The van der Waals surface area contributed by atoms with Crippen LogP contribution in [-0.2, 0) is 17.4 Å². The van der Waals surface area contributed by atoms with Gasteiger partial charge in [0, 0.05) is 24.4 Å². The summed E-state index contributed by atoms with van der Waals surface area (Å²) in [5, 5.41) is 0.970. The number of rotatable bonds is 5. The molecule has 0 aliphatic rings. The molecule has 0 N–H and O–H groups in total. The van der Waals surface area contributed by atoms with Gasteiger partial charge in [-0.15, -0.1) is 0 Å². The predicted molar refractivity (Wildman–Crippen MR) is 100 cm³/mol. The number of Topliss-reactive ketones (excluding diaryl/α,β-unsaturated/α-hetero) is 1. The lowest BCUT2D eigenvalue weighted by Gasteiger charge is -2.08. The fraction of sp³-hybridized carbons (Fsp3) is 0.182. The third-order valence-electron chi connectivity index (χ3n) is 4.13. The summed E-state index contributed by atoms with van der Waals surface area (Å²) in [4.78, 5) is 16.5. The third kappa shape index (κ3) is 5.03. The highest BCUT2D eigenvalue weighted by molar-refractivity contribution is 5.85. The van der Waals surface area contributed by atoms with E-state index in [0.717, 1.165) is 28.6 Å². The Balaban J connectivity index is 1.65. The molecule has 1 aromatic heterocycles. The molecule has 0 saturated carbocycles. The van der Waals surface area contributed by atoms with E-state index in [1.807, 2.05) is 30.3 Å². The first-order chi connectivity index (χ1) is 12.8. The molecule has 0 amide bonds. The number of hydrogen-bond acceptors (Lipinski definition) is 2. The van der Waals surface area contributed by atoms with Crippen molar-refractivity contribution in [2.75, 3.05) is 0 Å². The molecule has 0 radical (unpaired) electrons. The summed E-state index contributed by atoms with van der Waals surface area (Å²) in [6.07, 6.45) is 0.851. The van der Waals surface area contributed by atoms with E-state index in [9.17, 15) is 18.0 Å². The quantitative estimate of drug-likeness (QED) is 0.571. The number of benzene rings is 2. The maximum Gasteiger partial charge on any atom is 0.416 e. The van der Waals surface area contributed by atoms with E-state index in [4.69, 9.17) is 0 Å². The SMILES string of the molecule is Cc1cc(/C=C/CC(=O)Cc2cnc3ccccc3c2)cc(C(F)(F)F)c1. The lowest BCUT2D eigenvalue weighted by atomic mass is 10.0. The van der Waals surface area contributed by atoms with Crippen LogP contribution in [0, 0.1) is 6.92 Å². The third-order valence-corrected chi connectivity index (χ3v) is 4.13. The Morgan fingerprint density at radius 3 is 2.67 bits per heavy atom. The zero-order valence-electron chi connectivity index (χ0n) is 14.8. The number of alkyl halides is 3. The number of pyridine rings is 1. The van der Waals surface area contributed by atoms with Crippen LogP contribution in [0.15, 0.2) is 60.8 Å². The van der Waals surface area contributed by atoms with Crippen LogP contribution < -0.4 is 0 Å². The summed E-state index contributed by atoms with van der Waals surface area (Å²) < 4.78 is 38.6. The van der Waals surface area contributed by atoms with Gasteiger partial charge in [0.05, 0.1) is 11.1 Å². The number of carbonyl (C=O) groups excluding carboxylic acids is 1. The first kappa shape index (κ1) is 18.8. The molecule has 3 rings (SSSR count). The average Bonchev–Trinajstić information content (AvgIpc) is 2.60. The second-order valence-electron chi connectivity index (χ2n) is 6.49. The Morgan fingerprint density at radius 2 is 1.89 bits per heavy atom. The van der Waals surface area contributed by atoms with Gasteiger partial charge >= 0.3 is 6.18 Å². The number of allylic oxidation sites excluding steroid dienone is 1. The number of ketones is 1. The fourth-order valence-electron chi connectivity index (χ4n) is 2.91. The van der Waals surface area contributed by atoms with Crippen LogP contribution in [0.4, 0.5) is 13.2 Å². The second-order valence-corrected chi connectivity index (χ2v) is 6.49. The van der Waals surface area contributed by atoms with Gasteiger partial charge in [0.15, 0.2) is 0 Å². The van der Waals surface area contributed by atoms with Gasteiger partial charge < -0.3 is 0 Å². The molecule has 0 unspecified atom stereocenters. The molecule has 0 fully saturated rings. The summed E-state index contributed by atoms with van der Waals surface area (Å²) in [6.45, 7) is 1.62. The molecule has 0 spiro atoms. The highest BCUT2D eigenvalue weighted by atomic mass is 19.4.